The second-order valence-electron chi connectivity index (χ2n) is 2.65. The van der Waals surface area contributed by atoms with E-state index in [9.17, 15) is 0 Å². The number of ether oxygens (including phenoxy) is 1. The van der Waals surface area contributed by atoms with Gasteiger partial charge in [-0.1, -0.05) is 0 Å². The van der Waals surface area contributed by atoms with Gasteiger partial charge >= 0.3 is 0 Å². The first-order valence-corrected chi connectivity index (χ1v) is 3.70. The van der Waals surface area contributed by atoms with Crippen molar-refractivity contribution < 1.29 is 4.74 Å². The topological polar surface area (TPSA) is 33.0 Å². The molecule has 0 saturated carbocycles. The lowest BCUT2D eigenvalue weighted by Gasteiger charge is -2.07. The monoisotopic (exact) mass is 160 g/mol. The second kappa shape index (κ2) is 3.77. The van der Waals surface area contributed by atoms with Crippen LogP contribution in [0.3, 0.4) is 0 Å². The molecular formula is C10H10NO. The molecule has 2 heteroatoms. The van der Waals surface area contributed by atoms with E-state index in [4.69, 9.17) is 10.00 Å². The Labute approximate surface area is 72.4 Å². The van der Waals surface area contributed by atoms with Crippen LogP contribution < -0.4 is 4.74 Å². The van der Waals surface area contributed by atoms with Crippen LogP contribution in [0.4, 0.5) is 0 Å². The van der Waals surface area contributed by atoms with E-state index >= 15 is 0 Å². The first-order chi connectivity index (χ1) is 5.72. The third kappa shape index (κ3) is 2.28. The van der Waals surface area contributed by atoms with Gasteiger partial charge in [-0.15, -0.1) is 0 Å². The number of benzene rings is 1. The number of rotatable bonds is 2. The Balaban J connectivity index is 2.73. The molecule has 0 fully saturated rings. The standard InChI is InChI=1S/C10H10NO/c1-8(2)12-10-5-3-9(7-11)4-6-10/h3-6H,1-2H3. The summed E-state index contributed by atoms with van der Waals surface area (Å²) in [5.74, 6) is 0.772. The Morgan fingerprint density at radius 2 is 1.83 bits per heavy atom. The minimum atomic E-state index is 0.649. The number of hydrogen-bond donors (Lipinski definition) is 0. The fraction of sp³-hybridized carbons (Fsp3) is 0.200. The second-order valence-corrected chi connectivity index (χ2v) is 2.65. The maximum absolute atomic E-state index is 8.51. The average molecular weight is 160 g/mol. The maximum Gasteiger partial charge on any atom is 0.142 e. The highest BCUT2D eigenvalue weighted by Gasteiger charge is 1.97. The summed E-state index contributed by atoms with van der Waals surface area (Å²) in [6.45, 7) is 3.77. The Morgan fingerprint density at radius 1 is 1.25 bits per heavy atom. The molecule has 61 valence electrons. The molecule has 0 atom stereocenters. The lowest BCUT2D eigenvalue weighted by atomic mass is 10.2. The van der Waals surface area contributed by atoms with E-state index in [1.165, 1.54) is 0 Å². The summed E-state index contributed by atoms with van der Waals surface area (Å²) in [6, 6.07) is 9.08. The van der Waals surface area contributed by atoms with Crippen molar-refractivity contribution in [2.24, 2.45) is 0 Å². The minimum absolute atomic E-state index is 0.649. The quantitative estimate of drug-likeness (QED) is 0.666. The van der Waals surface area contributed by atoms with E-state index in [0.717, 1.165) is 11.9 Å². The van der Waals surface area contributed by atoms with Gasteiger partial charge in [0.25, 0.3) is 0 Å². The molecule has 0 heterocycles. The normalized spacial score (nSPS) is 9.50. The summed E-state index contributed by atoms with van der Waals surface area (Å²) in [5.41, 5.74) is 0.649. The SMILES string of the molecule is C[C](C)Oc1ccc(C#N)cc1. The van der Waals surface area contributed by atoms with Crippen LogP contribution >= 0.6 is 0 Å². The van der Waals surface area contributed by atoms with Crippen LogP contribution in [0.2, 0.25) is 0 Å². The molecule has 2 nitrogen and oxygen atoms in total. The lowest BCUT2D eigenvalue weighted by Crippen LogP contribution is -1.95. The smallest absolute Gasteiger partial charge is 0.142 e. The van der Waals surface area contributed by atoms with Crippen LogP contribution in [0.25, 0.3) is 0 Å². The third-order valence-electron chi connectivity index (χ3n) is 1.31. The highest BCUT2D eigenvalue weighted by Crippen LogP contribution is 2.15. The van der Waals surface area contributed by atoms with E-state index < -0.39 is 0 Å². The van der Waals surface area contributed by atoms with Crippen LogP contribution in [0, 0.1) is 17.4 Å². The largest absolute Gasteiger partial charge is 0.484 e. The van der Waals surface area contributed by atoms with Crippen molar-refractivity contribution in [2.75, 3.05) is 0 Å². The molecule has 0 spiro atoms. The van der Waals surface area contributed by atoms with Crippen LogP contribution in [0.15, 0.2) is 24.3 Å². The highest BCUT2D eigenvalue weighted by atomic mass is 16.5. The van der Waals surface area contributed by atoms with Gasteiger partial charge in [-0.3, -0.25) is 0 Å². The van der Waals surface area contributed by atoms with Gasteiger partial charge in [0.05, 0.1) is 11.6 Å². The van der Waals surface area contributed by atoms with Crippen molar-refractivity contribution in [3.63, 3.8) is 0 Å². The predicted molar refractivity (Wildman–Crippen MR) is 46.4 cm³/mol. The number of nitrogens with zero attached hydrogens (tertiary/aromatic N) is 1. The van der Waals surface area contributed by atoms with E-state index in [-0.39, 0.29) is 0 Å². The van der Waals surface area contributed by atoms with Gasteiger partial charge in [0.2, 0.25) is 0 Å². The molecule has 0 aliphatic rings. The molecule has 0 aliphatic carbocycles. The van der Waals surface area contributed by atoms with Crippen molar-refractivity contribution in [1.82, 2.24) is 0 Å². The fourth-order valence-corrected chi connectivity index (χ4v) is 0.833. The van der Waals surface area contributed by atoms with E-state index in [0.29, 0.717) is 5.56 Å². The highest BCUT2D eigenvalue weighted by molar-refractivity contribution is 5.34. The molecule has 0 unspecified atom stereocenters. The Hall–Kier alpha value is -1.49. The summed E-state index contributed by atoms with van der Waals surface area (Å²) < 4.78 is 5.32. The first-order valence-electron chi connectivity index (χ1n) is 3.70. The molecule has 0 N–H and O–H groups in total. The summed E-state index contributed by atoms with van der Waals surface area (Å²) in [4.78, 5) is 0. The average Bonchev–Trinajstić information content (AvgIpc) is 2.05. The molecule has 0 bridgehead atoms. The van der Waals surface area contributed by atoms with Gasteiger partial charge in [-0.05, 0) is 38.1 Å². The zero-order valence-electron chi connectivity index (χ0n) is 7.16. The van der Waals surface area contributed by atoms with E-state index in [2.05, 4.69) is 0 Å². The maximum atomic E-state index is 8.51. The Bertz CT molecular complexity index is 282. The molecule has 0 aliphatic heterocycles. The summed E-state index contributed by atoms with van der Waals surface area (Å²) in [5, 5.41) is 8.51. The summed E-state index contributed by atoms with van der Waals surface area (Å²) >= 11 is 0. The molecule has 1 rings (SSSR count). The van der Waals surface area contributed by atoms with Crippen molar-refractivity contribution in [2.45, 2.75) is 13.8 Å². The fourth-order valence-electron chi connectivity index (χ4n) is 0.833. The third-order valence-corrected chi connectivity index (χ3v) is 1.31. The first kappa shape index (κ1) is 8.61. The number of nitriles is 1. The van der Waals surface area contributed by atoms with Crippen molar-refractivity contribution in [1.29, 1.82) is 5.26 Å². The number of hydrogen-bond acceptors (Lipinski definition) is 2. The van der Waals surface area contributed by atoms with Gasteiger partial charge in [-0.25, -0.2) is 0 Å². The van der Waals surface area contributed by atoms with Crippen LogP contribution in [0.5, 0.6) is 5.75 Å². The molecule has 0 amide bonds. The van der Waals surface area contributed by atoms with Gasteiger partial charge in [0.1, 0.15) is 11.9 Å². The van der Waals surface area contributed by atoms with Crippen LogP contribution in [-0.4, -0.2) is 0 Å². The molecule has 0 aromatic heterocycles. The summed E-state index contributed by atoms with van der Waals surface area (Å²) in [6.07, 6.45) is 0.889. The van der Waals surface area contributed by atoms with Gasteiger partial charge in [0.15, 0.2) is 0 Å². The van der Waals surface area contributed by atoms with Crippen molar-refractivity contribution in [3.05, 3.63) is 35.9 Å². The zero-order chi connectivity index (χ0) is 8.97. The van der Waals surface area contributed by atoms with Crippen molar-refractivity contribution >= 4 is 0 Å². The minimum Gasteiger partial charge on any atom is -0.484 e. The van der Waals surface area contributed by atoms with Crippen LogP contribution in [-0.2, 0) is 0 Å². The molecule has 0 saturated heterocycles. The van der Waals surface area contributed by atoms with Gasteiger partial charge in [0, 0.05) is 0 Å². The Kier molecular flexibility index (Phi) is 2.71. The zero-order valence-corrected chi connectivity index (χ0v) is 7.16. The van der Waals surface area contributed by atoms with Crippen molar-refractivity contribution in [3.8, 4) is 11.8 Å². The predicted octanol–water partition coefficient (Wildman–Crippen LogP) is 2.51. The lowest BCUT2D eigenvalue weighted by molar-refractivity contribution is 0.345. The molecule has 1 radical (unpaired) electrons. The molecular weight excluding hydrogens is 150 g/mol. The van der Waals surface area contributed by atoms with Crippen LogP contribution in [0.1, 0.15) is 19.4 Å². The molecule has 1 aromatic carbocycles. The molecule has 1 aromatic rings. The molecule has 12 heavy (non-hydrogen) atoms. The van der Waals surface area contributed by atoms with Gasteiger partial charge < -0.3 is 4.74 Å². The van der Waals surface area contributed by atoms with Gasteiger partial charge in [-0.2, -0.15) is 5.26 Å². The summed E-state index contributed by atoms with van der Waals surface area (Å²) in [7, 11) is 0. The van der Waals surface area contributed by atoms with E-state index in [1.54, 1.807) is 24.3 Å². The van der Waals surface area contributed by atoms with E-state index in [1.807, 2.05) is 19.9 Å². The Morgan fingerprint density at radius 3 is 2.25 bits per heavy atom.